The molecule has 2 rings (SSSR count). The van der Waals surface area contributed by atoms with Gasteiger partial charge in [-0.25, -0.2) is 0 Å². The van der Waals surface area contributed by atoms with Gasteiger partial charge in [0.05, 0.1) is 5.41 Å². The first-order valence-electron chi connectivity index (χ1n) is 7.73. The van der Waals surface area contributed by atoms with E-state index in [4.69, 9.17) is 5.11 Å². The number of nitrogens with one attached hydrogen (secondary N) is 2. The van der Waals surface area contributed by atoms with Crippen molar-refractivity contribution in [3.05, 3.63) is 29.3 Å². The predicted octanol–water partition coefficient (Wildman–Crippen LogP) is 2.73. The third-order valence-corrected chi connectivity index (χ3v) is 4.49. The van der Waals surface area contributed by atoms with E-state index < -0.39 is 5.41 Å². The summed E-state index contributed by atoms with van der Waals surface area (Å²) in [7, 11) is 0. The topological polar surface area (TPSA) is 61.4 Å². The molecule has 3 N–H and O–H groups in total. The van der Waals surface area contributed by atoms with Crippen molar-refractivity contribution < 1.29 is 9.90 Å². The van der Waals surface area contributed by atoms with Crippen LogP contribution in [0.2, 0.25) is 0 Å². The van der Waals surface area contributed by atoms with E-state index in [1.165, 1.54) is 5.56 Å². The summed E-state index contributed by atoms with van der Waals surface area (Å²) in [5.41, 5.74) is 2.69. The quantitative estimate of drug-likeness (QED) is 0.755. The highest BCUT2D eigenvalue weighted by Crippen LogP contribution is 2.38. The van der Waals surface area contributed by atoms with Crippen LogP contribution in [0.5, 0.6) is 0 Å². The first-order valence-corrected chi connectivity index (χ1v) is 7.73. The van der Waals surface area contributed by atoms with Gasteiger partial charge in [0, 0.05) is 24.4 Å². The monoisotopic (exact) mass is 290 g/mol. The van der Waals surface area contributed by atoms with Gasteiger partial charge < -0.3 is 15.7 Å². The minimum absolute atomic E-state index is 0.0574. The first kappa shape index (κ1) is 16.0. The minimum Gasteiger partial charge on any atom is -0.396 e. The largest absolute Gasteiger partial charge is 0.396 e. The number of carbonyl (C=O) groups excluding carboxylic acids is 1. The second-order valence-electron chi connectivity index (χ2n) is 6.39. The molecule has 1 amide bonds. The van der Waals surface area contributed by atoms with Crippen LogP contribution < -0.4 is 10.6 Å². The van der Waals surface area contributed by atoms with Crippen LogP contribution >= 0.6 is 0 Å². The molecule has 0 spiro atoms. The SMILES string of the molecule is CCC(CCO)NC(C)c1ccc2c(c1)C(C)(C)C(=O)N2. The van der Waals surface area contributed by atoms with Crippen LogP contribution in [0.15, 0.2) is 18.2 Å². The van der Waals surface area contributed by atoms with E-state index in [2.05, 4.69) is 36.6 Å². The van der Waals surface area contributed by atoms with E-state index in [1.807, 2.05) is 19.9 Å². The number of hydrogen-bond donors (Lipinski definition) is 3. The maximum atomic E-state index is 12.0. The summed E-state index contributed by atoms with van der Waals surface area (Å²) in [5, 5.41) is 15.6. The molecule has 116 valence electrons. The Morgan fingerprint density at radius 2 is 2.10 bits per heavy atom. The molecule has 1 heterocycles. The highest BCUT2D eigenvalue weighted by molar-refractivity contribution is 6.05. The van der Waals surface area contributed by atoms with E-state index in [-0.39, 0.29) is 18.6 Å². The fraction of sp³-hybridized carbons (Fsp3) is 0.588. The fourth-order valence-electron chi connectivity index (χ4n) is 2.87. The van der Waals surface area contributed by atoms with Gasteiger partial charge >= 0.3 is 0 Å². The zero-order valence-corrected chi connectivity index (χ0v) is 13.4. The summed E-state index contributed by atoms with van der Waals surface area (Å²) < 4.78 is 0. The van der Waals surface area contributed by atoms with E-state index in [9.17, 15) is 4.79 Å². The Balaban J connectivity index is 2.19. The van der Waals surface area contributed by atoms with Gasteiger partial charge in [-0.2, -0.15) is 0 Å². The summed E-state index contributed by atoms with van der Waals surface area (Å²) in [6.45, 7) is 8.36. The van der Waals surface area contributed by atoms with Crippen molar-refractivity contribution in [1.29, 1.82) is 0 Å². The van der Waals surface area contributed by atoms with Gasteiger partial charge in [-0.15, -0.1) is 0 Å². The van der Waals surface area contributed by atoms with Gasteiger partial charge in [0.1, 0.15) is 0 Å². The minimum atomic E-state index is -0.472. The van der Waals surface area contributed by atoms with Crippen LogP contribution in [0.25, 0.3) is 0 Å². The molecule has 2 unspecified atom stereocenters. The molecular formula is C17H26N2O2. The van der Waals surface area contributed by atoms with Crippen molar-refractivity contribution in [3.8, 4) is 0 Å². The molecule has 21 heavy (non-hydrogen) atoms. The van der Waals surface area contributed by atoms with Crippen LogP contribution in [-0.2, 0) is 10.2 Å². The molecule has 0 aliphatic carbocycles. The van der Waals surface area contributed by atoms with Gasteiger partial charge in [-0.05, 0) is 50.8 Å². The molecule has 0 fully saturated rings. The number of fused-ring (bicyclic) bond motifs is 1. The molecule has 0 bridgehead atoms. The molecule has 1 aliphatic rings. The third kappa shape index (κ3) is 3.11. The number of aliphatic hydroxyl groups is 1. The summed E-state index contributed by atoms with van der Waals surface area (Å²) in [6.07, 6.45) is 1.75. The lowest BCUT2D eigenvalue weighted by molar-refractivity contribution is -0.119. The molecule has 1 aromatic rings. The van der Waals surface area contributed by atoms with Gasteiger partial charge in [0.25, 0.3) is 0 Å². The number of aliphatic hydroxyl groups excluding tert-OH is 1. The van der Waals surface area contributed by atoms with Crippen LogP contribution in [0, 0.1) is 0 Å². The Labute approximate surface area is 126 Å². The molecular weight excluding hydrogens is 264 g/mol. The Morgan fingerprint density at radius 1 is 1.38 bits per heavy atom. The Hall–Kier alpha value is -1.39. The maximum Gasteiger partial charge on any atom is 0.234 e. The van der Waals surface area contributed by atoms with Crippen molar-refractivity contribution >= 4 is 11.6 Å². The molecule has 0 saturated carbocycles. The van der Waals surface area contributed by atoms with Gasteiger partial charge in [0.2, 0.25) is 5.91 Å². The fourth-order valence-corrected chi connectivity index (χ4v) is 2.87. The molecule has 2 atom stereocenters. The standard InChI is InChI=1S/C17H26N2O2/c1-5-13(8-9-20)18-11(2)12-6-7-15-14(10-12)17(3,4)16(21)19-15/h6-7,10-11,13,18,20H,5,8-9H2,1-4H3,(H,19,21). The average molecular weight is 290 g/mol. The molecule has 0 saturated heterocycles. The zero-order valence-electron chi connectivity index (χ0n) is 13.4. The van der Waals surface area contributed by atoms with E-state index in [0.29, 0.717) is 6.04 Å². The molecule has 0 aromatic heterocycles. The average Bonchev–Trinajstić information content (AvgIpc) is 2.68. The van der Waals surface area contributed by atoms with E-state index in [1.54, 1.807) is 0 Å². The highest BCUT2D eigenvalue weighted by Gasteiger charge is 2.38. The van der Waals surface area contributed by atoms with Gasteiger partial charge in [-0.3, -0.25) is 4.79 Å². The second-order valence-corrected chi connectivity index (χ2v) is 6.39. The first-order chi connectivity index (χ1) is 9.90. The molecule has 4 heteroatoms. The second kappa shape index (κ2) is 6.16. The van der Waals surface area contributed by atoms with Crippen LogP contribution in [0.1, 0.15) is 57.7 Å². The lowest BCUT2D eigenvalue weighted by atomic mass is 9.85. The summed E-state index contributed by atoms with van der Waals surface area (Å²) >= 11 is 0. The van der Waals surface area contributed by atoms with Gasteiger partial charge in [0.15, 0.2) is 0 Å². The lowest BCUT2D eigenvalue weighted by Gasteiger charge is -2.23. The smallest absolute Gasteiger partial charge is 0.234 e. The predicted molar refractivity (Wildman–Crippen MR) is 85.4 cm³/mol. The number of carbonyl (C=O) groups is 1. The van der Waals surface area contributed by atoms with Crippen molar-refractivity contribution in [2.24, 2.45) is 0 Å². The zero-order chi connectivity index (χ0) is 15.6. The Morgan fingerprint density at radius 3 is 2.71 bits per heavy atom. The van der Waals surface area contributed by atoms with E-state index >= 15 is 0 Å². The third-order valence-electron chi connectivity index (χ3n) is 4.49. The summed E-state index contributed by atoms with van der Waals surface area (Å²) in [6, 6.07) is 6.67. The van der Waals surface area contributed by atoms with Crippen LogP contribution in [0.3, 0.4) is 0 Å². The lowest BCUT2D eigenvalue weighted by Crippen LogP contribution is -2.32. The number of rotatable bonds is 6. The molecule has 1 aliphatic heterocycles. The molecule has 1 aromatic carbocycles. The van der Waals surface area contributed by atoms with Crippen LogP contribution in [-0.4, -0.2) is 23.7 Å². The van der Waals surface area contributed by atoms with Crippen molar-refractivity contribution in [2.45, 2.75) is 58.0 Å². The normalized spacial score (nSPS) is 19.0. The number of amides is 1. The van der Waals surface area contributed by atoms with Crippen LogP contribution in [0.4, 0.5) is 5.69 Å². The summed E-state index contributed by atoms with van der Waals surface area (Å²) in [5.74, 6) is 0.0574. The Kier molecular flexibility index (Phi) is 4.69. The van der Waals surface area contributed by atoms with Crippen molar-refractivity contribution in [3.63, 3.8) is 0 Å². The number of benzene rings is 1. The van der Waals surface area contributed by atoms with Crippen molar-refractivity contribution in [1.82, 2.24) is 5.32 Å². The van der Waals surface area contributed by atoms with Crippen molar-refractivity contribution in [2.75, 3.05) is 11.9 Å². The number of anilines is 1. The van der Waals surface area contributed by atoms with E-state index in [0.717, 1.165) is 24.1 Å². The maximum absolute atomic E-state index is 12.0. The summed E-state index contributed by atoms with van der Waals surface area (Å²) in [4.78, 5) is 12.0. The molecule has 0 radical (unpaired) electrons. The molecule has 4 nitrogen and oxygen atoms in total. The van der Waals surface area contributed by atoms with Gasteiger partial charge in [-0.1, -0.05) is 19.1 Å². The number of hydrogen-bond acceptors (Lipinski definition) is 3. The Bertz CT molecular complexity index is 526. The highest BCUT2D eigenvalue weighted by atomic mass is 16.3.